The van der Waals surface area contributed by atoms with E-state index in [4.69, 9.17) is 24.8 Å². The molecule has 7 N–H and O–H groups in total. The molecule has 4 aliphatic rings. The lowest BCUT2D eigenvalue weighted by Gasteiger charge is -2.30. The number of carbonyl (C=O) groups is 8. The van der Waals surface area contributed by atoms with Gasteiger partial charge in [0.1, 0.15) is 96.7 Å². The van der Waals surface area contributed by atoms with Crippen molar-refractivity contribution < 1.29 is 99.0 Å². The van der Waals surface area contributed by atoms with E-state index in [-0.39, 0.29) is 137 Å². The largest absolute Gasteiger partial charge is 0.480 e. The van der Waals surface area contributed by atoms with Gasteiger partial charge in [-0.1, -0.05) is 66.1 Å². The number of nitrogens with one attached hydrogen (secondary N) is 3. The number of carbonyl (C=O) groups excluding carboxylic acids is 7. The predicted octanol–water partition coefficient (Wildman–Crippen LogP) is 17.2. The van der Waals surface area contributed by atoms with Crippen LogP contribution >= 0.6 is 77.2 Å². The smallest absolute Gasteiger partial charge is 0.446 e. The Balaban J connectivity index is -0.00000170. The molecule has 0 aliphatic carbocycles. The average Bonchev–Trinajstić information content (AvgIpc) is 1.62. The molecule has 2 unspecified atom stereocenters. The second-order valence-electron chi connectivity index (χ2n) is 32.6. The fraction of sp³-hybridized carbons (Fsp3) is 0.457. The van der Waals surface area contributed by atoms with Gasteiger partial charge in [-0.2, -0.15) is 31.8 Å². The number of aliphatic hydroxyl groups is 3. The summed E-state index contributed by atoms with van der Waals surface area (Å²) in [6.07, 6.45) is -4.95. The van der Waals surface area contributed by atoms with E-state index >= 15 is 0 Å². The first-order valence-electron chi connectivity index (χ1n) is 42.1. The molecular formula is C92H119Br4F7N16O14S15. The Kier molecular flexibility index (Phi) is 73.5. The number of aldehydes is 2. The molecule has 0 spiro atoms. The fourth-order valence-electron chi connectivity index (χ4n) is 13.4. The number of Topliss-reactive ketones (excluding diaryl/α,β-unsaturated/α-hetero) is 2. The minimum Gasteiger partial charge on any atom is -0.480 e. The number of fused-ring (bicyclic) bond motifs is 1. The third-order valence-electron chi connectivity index (χ3n) is 19.4. The number of anilines is 1. The van der Waals surface area contributed by atoms with E-state index in [2.05, 4.69) is 209 Å². The Hall–Kier alpha value is -7.00. The molecule has 0 saturated carbocycles. The second-order valence-corrected chi connectivity index (χ2v) is 46.5. The summed E-state index contributed by atoms with van der Waals surface area (Å²) in [5.74, 6) is -0.753. The molecule has 148 heavy (non-hydrogen) atoms. The second kappa shape index (κ2) is 74.9. The van der Waals surface area contributed by atoms with Crippen LogP contribution in [0.15, 0.2) is 152 Å². The first-order valence-corrected chi connectivity index (χ1v) is 58.6. The van der Waals surface area contributed by atoms with Crippen LogP contribution < -0.4 is 10.6 Å². The number of aliphatic carboxylic acids is 1. The van der Waals surface area contributed by atoms with Crippen LogP contribution in [0.1, 0.15) is 161 Å². The quantitative estimate of drug-likeness (QED) is 0.0122. The van der Waals surface area contributed by atoms with Crippen LogP contribution in [0.4, 0.5) is 46.0 Å². The Morgan fingerprint density at radius 2 is 0.959 bits per heavy atom. The van der Waals surface area contributed by atoms with Gasteiger partial charge < -0.3 is 50.2 Å². The van der Waals surface area contributed by atoms with Crippen molar-refractivity contribution in [3.63, 3.8) is 0 Å². The van der Waals surface area contributed by atoms with Crippen LogP contribution in [-0.4, -0.2) is 256 Å². The zero-order valence-electron chi connectivity index (χ0n) is 78.5. The van der Waals surface area contributed by atoms with E-state index in [0.29, 0.717) is 80.1 Å². The van der Waals surface area contributed by atoms with Crippen LogP contribution in [0.3, 0.4) is 0 Å². The summed E-state index contributed by atoms with van der Waals surface area (Å²) < 4.78 is 100. The van der Waals surface area contributed by atoms with Gasteiger partial charge in [0.15, 0.2) is 11.6 Å². The highest BCUT2D eigenvalue weighted by Crippen LogP contribution is 2.33. The fourth-order valence-corrected chi connectivity index (χ4v) is 17.7. The number of ether oxygens (including phenoxy) is 2. The number of carboxylic acids is 1. The number of carboxylic acid groups (broad SMARTS) is 1. The van der Waals surface area contributed by atoms with E-state index < -0.39 is 109 Å². The highest BCUT2D eigenvalue weighted by molar-refractivity contribution is 9.11. The molecule has 4 saturated heterocycles. The molecule has 9 aromatic rings. The maximum atomic E-state index is 14.5. The number of ketones is 2. The van der Waals surface area contributed by atoms with E-state index in [9.17, 15) is 79.6 Å². The summed E-state index contributed by atoms with van der Waals surface area (Å²) in [6.45, 7) is 18.3. The molecule has 7 aromatic heterocycles. The van der Waals surface area contributed by atoms with E-state index in [1.54, 1.807) is 135 Å². The normalized spacial score (nSPS) is 16.8. The number of amides is 3. The van der Waals surface area contributed by atoms with Crippen LogP contribution in [0.2, 0.25) is 0 Å². The number of benzene rings is 2. The van der Waals surface area contributed by atoms with E-state index in [0.717, 1.165) is 56.6 Å². The van der Waals surface area contributed by atoms with Gasteiger partial charge >= 0.3 is 24.3 Å². The summed E-state index contributed by atoms with van der Waals surface area (Å²) >= 11 is 46.2. The van der Waals surface area contributed by atoms with Crippen molar-refractivity contribution in [1.82, 2.24) is 69.7 Å². The van der Waals surface area contributed by atoms with Crippen LogP contribution in [0.25, 0.3) is 33.2 Å². The van der Waals surface area contributed by atoms with Crippen molar-refractivity contribution >= 4 is 291 Å². The van der Waals surface area contributed by atoms with Gasteiger partial charge in [0.2, 0.25) is 12.2 Å². The van der Waals surface area contributed by atoms with Crippen molar-refractivity contribution in [2.45, 2.75) is 242 Å². The van der Waals surface area contributed by atoms with Crippen LogP contribution in [-0.2, 0) is 202 Å². The SMILES string of the molecule is C.C.C.C.CC(=O)C(=N)c1cc(-c2cnc(C)nc2)ccc1NCC(=O)O.CC(=O)c1nn(CC(=O)N2C[C@H](F)C[C@H]2C(O)Cc2cccc(Br)n2)c2ccc(-c3cnc(C)nc3)cc12.CC(C)(C)OC(=O)N1C[C@H](F)C[C@H]1C=O.CC(C)(C)OC(=O)N1C[C@H](F)C[C@H]1[C@H](O)Cc1cccc(Br)n1.Cc1cccc(Br)n1.O=CC(F)(F)F.OC(Cc1cccc(Br)n1)[C@@H]1C[C@@H](F)CN1.S.S=S.S=S=S.S=S=S=S.S=S=S=S=S. The molecular weight excluding hydrogens is 2490 g/mol. The van der Waals surface area contributed by atoms with E-state index in [1.165, 1.54) is 72.7 Å². The number of nitrogens with zero attached hydrogens (tertiary/aromatic N) is 13. The minimum atomic E-state index is -4.64. The van der Waals surface area contributed by atoms with Crippen molar-refractivity contribution in [3.8, 4) is 22.3 Å². The van der Waals surface area contributed by atoms with Gasteiger partial charge in [-0.15, -0.1) is 0 Å². The van der Waals surface area contributed by atoms with Gasteiger partial charge in [0, 0.05) is 283 Å². The Morgan fingerprint density at radius 3 is 1.32 bits per heavy atom. The number of hydrogen-bond acceptors (Lipinski definition) is 33. The number of aromatic nitrogens is 10. The lowest BCUT2D eigenvalue weighted by molar-refractivity contribution is -0.156. The Morgan fingerprint density at radius 1 is 0.561 bits per heavy atom. The highest BCUT2D eigenvalue weighted by Gasteiger charge is 2.43. The highest BCUT2D eigenvalue weighted by atomic mass is 79.9. The van der Waals surface area contributed by atoms with Gasteiger partial charge in [-0.05, 0) is 216 Å². The predicted molar refractivity (Wildman–Crippen MR) is 620 cm³/mol. The number of likely N-dealkylation sites (tertiary alicyclic amines) is 3. The molecule has 56 heteroatoms. The number of hydrogen-bond donors (Lipinski definition) is 7. The van der Waals surface area contributed by atoms with Gasteiger partial charge in [0.25, 0.3) is 0 Å². The molecule has 3 amide bonds. The molecule has 11 heterocycles. The molecule has 2 aromatic carbocycles. The summed E-state index contributed by atoms with van der Waals surface area (Å²) in [5, 5.41) is 58.7. The van der Waals surface area contributed by atoms with E-state index in [1.807, 2.05) is 61.5 Å². The average molecular weight is 2610 g/mol. The van der Waals surface area contributed by atoms with Crippen molar-refractivity contribution in [1.29, 1.82) is 5.41 Å². The molecule has 0 bridgehead atoms. The molecule has 4 aliphatic heterocycles. The van der Waals surface area contributed by atoms with Gasteiger partial charge in [-0.3, -0.25) is 43.9 Å². The van der Waals surface area contributed by atoms with Crippen molar-refractivity contribution in [2.75, 3.05) is 38.0 Å². The molecule has 818 valence electrons. The zero-order chi connectivity index (χ0) is 108. The number of rotatable bonds is 20. The van der Waals surface area contributed by atoms with Crippen molar-refractivity contribution in [2.24, 2.45) is 0 Å². The minimum absolute atomic E-state index is 0. The maximum Gasteiger partial charge on any atom is 0.446 e. The topological polar surface area (TPSA) is 415 Å². The number of halogens is 11. The summed E-state index contributed by atoms with van der Waals surface area (Å²) in [7, 11) is 7.21. The molecule has 4 fully saturated rings. The van der Waals surface area contributed by atoms with Crippen molar-refractivity contribution in [3.05, 3.63) is 198 Å². The van der Waals surface area contributed by atoms with Gasteiger partial charge in [0.05, 0.1) is 61.6 Å². The number of alkyl halides is 7. The number of pyridine rings is 4. The molecule has 11 atom stereocenters. The monoisotopic (exact) mass is 2600 g/mol. The van der Waals surface area contributed by atoms with Crippen LogP contribution in [0, 0.1) is 26.2 Å². The first kappa shape index (κ1) is 145. The standard InChI is InChI=1S/C27H26BrFN6O3.C16H22BrFN2O3.C16H16N4O3.C11H14BrFN2O.C10H16FNO3.C6H6BrN.C2HF3O.4CH4.S5.S4.S3.S2.H2S/c1-15(36)27-21-8-17(18-11-30-16(2)31-12-18)6-7-22(21)35(33-27)14-26(38)34-13-19(29)9-23(34)24(37)10-20-4-3-5-25(28)32-20;1-16(2,3)23-15(22)20-9-10(18)7-12(20)13(21)8-11-5-4-6-14(17)19-11;1-9(21)16(17)13-5-11(12-6-18-10(2)19-7-12)3-4-14(13)20-8-15(22)23;12-11-3-1-2-8(15-11)5-10(16)9-4-7(13)6-14-9;1-10(2,3)15-9(14)12-5-7(11)4-8(12)6-13;1-5-3-2-4-6(7)8-5;3-2(4,5)1-6;;;;;1-3-5-4-2;1-3-4-2;1-3-2;1-2;/h3-8,11-12,19,23-24,37H,9-10,13-14H2,1-2H3;4-6,10,12-13,21H,7-9H2,1-3H3;3-7,17,20H,8H2,1-2H3,(H,22,23);1-3,7,9-10,14,16H,4-6H2;6-8H,4-5H2,1-3H3;2-4H,1H3;1H;4*1H4;;;;;1H2/t19-,23+,24?;10-,12+,13-;;7-,9+,10?;7-,8+;;;;;;;;;;;/m11.11.........../s1. The Bertz CT molecular complexity index is 5970. The zero-order valence-corrected chi connectivity index (χ0v) is 97.2. The van der Waals surface area contributed by atoms with Crippen LogP contribution in [0.5, 0.6) is 0 Å². The summed E-state index contributed by atoms with van der Waals surface area (Å²) in [6, 6.07) is 30.5. The number of aliphatic hydroxyl groups excluding tert-OH is 3. The first-order chi connectivity index (χ1) is 67.3. The van der Waals surface area contributed by atoms with Gasteiger partial charge in [-0.25, -0.2) is 67.0 Å². The number of aryl methyl sites for hydroxylation is 3. The lowest BCUT2D eigenvalue weighted by atomic mass is 9.99. The Labute approximate surface area is 955 Å². The molecule has 13 rings (SSSR count). The lowest BCUT2D eigenvalue weighted by Crippen LogP contribution is -2.45. The summed E-state index contributed by atoms with van der Waals surface area (Å²) in [4.78, 5) is 129. The summed E-state index contributed by atoms with van der Waals surface area (Å²) in [5.41, 5.74) is 6.40. The third-order valence-corrected chi connectivity index (χ3v) is 27.8. The molecule has 0 radical (unpaired) electrons. The maximum absolute atomic E-state index is 14.5. The molecule has 30 nitrogen and oxygen atoms in total. The third kappa shape index (κ3) is 55.2.